The Morgan fingerprint density at radius 2 is 1.81 bits per heavy atom. The normalized spacial score (nSPS) is 10.2. The van der Waals surface area contributed by atoms with Crippen molar-refractivity contribution in [1.82, 2.24) is 0 Å². The summed E-state index contributed by atoms with van der Waals surface area (Å²) in [5.74, 6) is 0.919. The molecule has 0 saturated heterocycles. The molecule has 0 spiro atoms. The van der Waals surface area contributed by atoms with Crippen molar-refractivity contribution in [3.8, 4) is 11.5 Å². The number of benzene rings is 2. The molecule has 0 saturated carbocycles. The summed E-state index contributed by atoms with van der Waals surface area (Å²) >= 11 is 3.40. The van der Waals surface area contributed by atoms with Crippen molar-refractivity contribution in [3.05, 3.63) is 58.6 Å². The highest BCUT2D eigenvalue weighted by atomic mass is 79.9. The van der Waals surface area contributed by atoms with E-state index in [0.29, 0.717) is 24.5 Å². The summed E-state index contributed by atoms with van der Waals surface area (Å²) in [4.78, 5) is 11.5. The van der Waals surface area contributed by atoms with Crippen molar-refractivity contribution < 1.29 is 14.3 Å². The molecule has 4 heteroatoms. The molecule has 2 aromatic carbocycles. The fraction of sp³-hybridized carbons (Fsp3) is 0.235. The van der Waals surface area contributed by atoms with Crippen LogP contribution >= 0.6 is 15.9 Å². The minimum atomic E-state index is -0.232. The molecule has 0 fully saturated rings. The lowest BCUT2D eigenvalue weighted by Crippen LogP contribution is -2.07. The first-order chi connectivity index (χ1) is 10.2. The van der Waals surface area contributed by atoms with Crippen LogP contribution in [0.4, 0.5) is 0 Å². The summed E-state index contributed by atoms with van der Waals surface area (Å²) in [6.45, 7) is 2.41. The van der Waals surface area contributed by atoms with Gasteiger partial charge in [0.25, 0.3) is 0 Å². The standard InChI is InChI=1S/C17H17BrO3/c1-2-6-17(19)21-16-10-14(18)9-15(11-16)20-12-13-7-4-3-5-8-13/h3-5,7-11H,2,6,12H2,1H3. The molecule has 0 aromatic heterocycles. The maximum atomic E-state index is 11.5. The van der Waals surface area contributed by atoms with E-state index in [1.54, 1.807) is 12.1 Å². The van der Waals surface area contributed by atoms with Crippen LogP contribution in [-0.4, -0.2) is 5.97 Å². The third-order valence-electron chi connectivity index (χ3n) is 2.78. The lowest BCUT2D eigenvalue weighted by molar-refractivity contribution is -0.134. The molecule has 3 nitrogen and oxygen atoms in total. The monoisotopic (exact) mass is 348 g/mol. The first kappa shape index (κ1) is 15.6. The van der Waals surface area contributed by atoms with Gasteiger partial charge in [-0.05, 0) is 24.1 Å². The minimum absolute atomic E-state index is 0.232. The molecule has 2 aromatic rings. The Bertz CT molecular complexity index is 596. The van der Waals surface area contributed by atoms with Crippen LogP contribution < -0.4 is 9.47 Å². The van der Waals surface area contributed by atoms with Crippen LogP contribution in [0.3, 0.4) is 0 Å². The van der Waals surface area contributed by atoms with Gasteiger partial charge in [0.2, 0.25) is 0 Å². The molecule has 0 heterocycles. The van der Waals surface area contributed by atoms with Gasteiger partial charge in [0.05, 0.1) is 0 Å². The lowest BCUT2D eigenvalue weighted by Gasteiger charge is -2.09. The third-order valence-corrected chi connectivity index (χ3v) is 3.24. The highest BCUT2D eigenvalue weighted by molar-refractivity contribution is 9.10. The SMILES string of the molecule is CCCC(=O)Oc1cc(Br)cc(OCc2ccccc2)c1. The molecule has 0 aliphatic heterocycles. The van der Waals surface area contributed by atoms with Crippen molar-refractivity contribution in [1.29, 1.82) is 0 Å². The summed E-state index contributed by atoms with van der Waals surface area (Å²) in [5, 5.41) is 0. The summed E-state index contributed by atoms with van der Waals surface area (Å²) in [6, 6.07) is 15.2. The van der Waals surface area contributed by atoms with Crippen LogP contribution in [0.15, 0.2) is 53.0 Å². The van der Waals surface area contributed by atoms with Gasteiger partial charge < -0.3 is 9.47 Å². The Labute approximate surface area is 133 Å². The zero-order valence-electron chi connectivity index (χ0n) is 11.8. The summed E-state index contributed by atoms with van der Waals surface area (Å²) in [5.41, 5.74) is 1.09. The summed E-state index contributed by atoms with van der Waals surface area (Å²) in [6.07, 6.45) is 1.18. The number of ether oxygens (including phenoxy) is 2. The van der Waals surface area contributed by atoms with Gasteiger partial charge in [-0.25, -0.2) is 0 Å². The highest BCUT2D eigenvalue weighted by Gasteiger charge is 2.07. The molecular formula is C17H17BrO3. The van der Waals surface area contributed by atoms with Gasteiger partial charge >= 0.3 is 5.97 Å². The molecule has 0 radical (unpaired) electrons. The summed E-state index contributed by atoms with van der Waals surface area (Å²) in [7, 11) is 0. The number of esters is 1. The van der Waals surface area contributed by atoms with Gasteiger partial charge in [-0.3, -0.25) is 4.79 Å². The van der Waals surface area contributed by atoms with E-state index < -0.39 is 0 Å². The maximum absolute atomic E-state index is 11.5. The molecular weight excluding hydrogens is 332 g/mol. The van der Waals surface area contributed by atoms with E-state index in [-0.39, 0.29) is 5.97 Å². The van der Waals surface area contributed by atoms with Crippen molar-refractivity contribution in [2.75, 3.05) is 0 Å². The smallest absolute Gasteiger partial charge is 0.311 e. The predicted molar refractivity (Wildman–Crippen MR) is 85.5 cm³/mol. The molecule has 110 valence electrons. The van der Waals surface area contributed by atoms with E-state index in [9.17, 15) is 4.79 Å². The van der Waals surface area contributed by atoms with Crippen molar-refractivity contribution in [3.63, 3.8) is 0 Å². The number of carbonyl (C=O) groups excluding carboxylic acids is 1. The quantitative estimate of drug-likeness (QED) is 0.559. The van der Waals surface area contributed by atoms with E-state index in [1.807, 2.05) is 43.3 Å². The van der Waals surface area contributed by atoms with Crippen LogP contribution in [0.2, 0.25) is 0 Å². The number of halogens is 1. The molecule has 0 amide bonds. The first-order valence-electron chi connectivity index (χ1n) is 6.85. The minimum Gasteiger partial charge on any atom is -0.489 e. The maximum Gasteiger partial charge on any atom is 0.311 e. The number of rotatable bonds is 6. The van der Waals surface area contributed by atoms with Gasteiger partial charge in [-0.1, -0.05) is 53.2 Å². The predicted octanol–water partition coefficient (Wildman–Crippen LogP) is 4.73. The Kier molecular flexibility index (Phi) is 5.81. The fourth-order valence-electron chi connectivity index (χ4n) is 1.81. The molecule has 0 atom stereocenters. The van der Waals surface area contributed by atoms with Gasteiger partial charge in [0.15, 0.2) is 0 Å². The van der Waals surface area contributed by atoms with E-state index in [1.165, 1.54) is 0 Å². The second-order valence-electron chi connectivity index (χ2n) is 4.62. The molecule has 0 N–H and O–H groups in total. The second-order valence-corrected chi connectivity index (χ2v) is 5.54. The lowest BCUT2D eigenvalue weighted by atomic mass is 10.2. The van der Waals surface area contributed by atoms with E-state index in [2.05, 4.69) is 15.9 Å². The van der Waals surface area contributed by atoms with Gasteiger partial charge in [-0.15, -0.1) is 0 Å². The second kappa shape index (κ2) is 7.84. The number of carbonyl (C=O) groups is 1. The van der Waals surface area contributed by atoms with Crippen molar-refractivity contribution in [2.45, 2.75) is 26.4 Å². The number of hydrogen-bond acceptors (Lipinski definition) is 3. The van der Waals surface area contributed by atoms with E-state index >= 15 is 0 Å². The van der Waals surface area contributed by atoms with Crippen LogP contribution in [0, 0.1) is 0 Å². The van der Waals surface area contributed by atoms with Crippen LogP contribution in [-0.2, 0) is 11.4 Å². The van der Waals surface area contributed by atoms with Crippen molar-refractivity contribution >= 4 is 21.9 Å². The van der Waals surface area contributed by atoms with Gasteiger partial charge in [0.1, 0.15) is 18.1 Å². The van der Waals surface area contributed by atoms with E-state index in [4.69, 9.17) is 9.47 Å². The zero-order valence-corrected chi connectivity index (χ0v) is 13.4. The van der Waals surface area contributed by atoms with Gasteiger partial charge in [0, 0.05) is 17.0 Å². The topological polar surface area (TPSA) is 35.5 Å². The van der Waals surface area contributed by atoms with Crippen molar-refractivity contribution in [2.24, 2.45) is 0 Å². The fourth-order valence-corrected chi connectivity index (χ4v) is 2.26. The summed E-state index contributed by atoms with van der Waals surface area (Å²) < 4.78 is 11.8. The molecule has 0 unspecified atom stereocenters. The Morgan fingerprint density at radius 3 is 2.52 bits per heavy atom. The molecule has 0 bridgehead atoms. The molecule has 2 rings (SSSR count). The average Bonchev–Trinajstić information content (AvgIpc) is 2.46. The van der Waals surface area contributed by atoms with Crippen LogP contribution in [0.5, 0.6) is 11.5 Å². The van der Waals surface area contributed by atoms with Gasteiger partial charge in [-0.2, -0.15) is 0 Å². The molecule has 0 aliphatic carbocycles. The molecule has 21 heavy (non-hydrogen) atoms. The van der Waals surface area contributed by atoms with E-state index in [0.717, 1.165) is 16.5 Å². The zero-order chi connectivity index (χ0) is 15.1. The Hall–Kier alpha value is -1.81. The average molecular weight is 349 g/mol. The molecule has 0 aliphatic rings. The van der Waals surface area contributed by atoms with Crippen LogP contribution in [0.1, 0.15) is 25.3 Å². The third kappa shape index (κ3) is 5.23. The Balaban J connectivity index is 2.03. The first-order valence-corrected chi connectivity index (χ1v) is 7.64. The van der Waals surface area contributed by atoms with Crippen LogP contribution in [0.25, 0.3) is 0 Å². The highest BCUT2D eigenvalue weighted by Crippen LogP contribution is 2.27. The number of hydrogen-bond donors (Lipinski definition) is 0. The Morgan fingerprint density at radius 1 is 1.10 bits per heavy atom. The largest absolute Gasteiger partial charge is 0.489 e.